The van der Waals surface area contributed by atoms with E-state index in [1.807, 2.05) is 0 Å². The molecule has 1 fully saturated rings. The van der Waals surface area contributed by atoms with Crippen molar-refractivity contribution in [1.82, 2.24) is 4.90 Å². The number of benzene rings is 1. The lowest BCUT2D eigenvalue weighted by Crippen LogP contribution is -2.45. The van der Waals surface area contributed by atoms with Crippen LogP contribution in [0.1, 0.15) is 19.8 Å². The van der Waals surface area contributed by atoms with Crippen LogP contribution in [0.2, 0.25) is 0 Å². The zero-order chi connectivity index (χ0) is 16.1. The second kappa shape index (κ2) is 7.24. The molecule has 0 spiro atoms. The van der Waals surface area contributed by atoms with Crippen LogP contribution in [-0.2, 0) is 14.3 Å². The molecule has 2 rings (SSSR count). The first kappa shape index (κ1) is 16.3. The summed E-state index contributed by atoms with van der Waals surface area (Å²) in [6.45, 7) is 2.68. The number of hydrogen-bond donors (Lipinski definition) is 0. The minimum absolute atomic E-state index is 0.132. The second-order valence-electron chi connectivity index (χ2n) is 5.34. The van der Waals surface area contributed by atoms with Gasteiger partial charge in [-0.25, -0.2) is 4.39 Å². The van der Waals surface area contributed by atoms with Crippen molar-refractivity contribution in [1.29, 1.82) is 0 Å². The number of carbonyl (C=O) groups excluding carboxylic acids is 2. The highest BCUT2D eigenvalue weighted by Gasteiger charge is 2.30. The van der Waals surface area contributed by atoms with Gasteiger partial charge in [0.25, 0.3) is 5.91 Å². The molecule has 1 aromatic rings. The summed E-state index contributed by atoms with van der Waals surface area (Å²) >= 11 is 0. The van der Waals surface area contributed by atoms with Gasteiger partial charge in [-0.15, -0.1) is 0 Å². The number of piperidine rings is 1. The third-order valence-electron chi connectivity index (χ3n) is 3.82. The molecule has 5 nitrogen and oxygen atoms in total. The summed E-state index contributed by atoms with van der Waals surface area (Å²) in [4.78, 5) is 25.5. The Hall–Kier alpha value is -2.11. The summed E-state index contributed by atoms with van der Waals surface area (Å²) in [7, 11) is 1.37. The summed E-state index contributed by atoms with van der Waals surface area (Å²) in [6.07, 6.45) is 0.545. The Kier molecular flexibility index (Phi) is 5.35. The van der Waals surface area contributed by atoms with Crippen molar-refractivity contribution >= 4 is 11.9 Å². The van der Waals surface area contributed by atoms with Crippen LogP contribution in [0.3, 0.4) is 0 Å². The monoisotopic (exact) mass is 309 g/mol. The van der Waals surface area contributed by atoms with E-state index < -0.39 is 6.10 Å². The molecule has 0 aromatic heterocycles. The molecule has 6 heteroatoms. The topological polar surface area (TPSA) is 55.8 Å². The van der Waals surface area contributed by atoms with Gasteiger partial charge in [0.05, 0.1) is 13.0 Å². The molecule has 120 valence electrons. The molecule has 1 unspecified atom stereocenters. The van der Waals surface area contributed by atoms with Gasteiger partial charge in [-0.3, -0.25) is 9.59 Å². The Morgan fingerprint density at radius 3 is 2.36 bits per heavy atom. The lowest BCUT2D eigenvalue weighted by molar-refractivity contribution is -0.150. The van der Waals surface area contributed by atoms with Gasteiger partial charge in [-0.2, -0.15) is 0 Å². The highest BCUT2D eigenvalue weighted by atomic mass is 19.1. The van der Waals surface area contributed by atoms with Crippen LogP contribution in [0.4, 0.5) is 4.39 Å². The van der Waals surface area contributed by atoms with Crippen molar-refractivity contribution in [3.05, 3.63) is 30.1 Å². The molecule has 0 aliphatic carbocycles. The number of esters is 1. The minimum Gasteiger partial charge on any atom is -0.481 e. The predicted octanol–water partition coefficient (Wildman–Crippen LogP) is 2.00. The van der Waals surface area contributed by atoms with Crippen molar-refractivity contribution < 1.29 is 23.5 Å². The average molecular weight is 309 g/mol. The third kappa shape index (κ3) is 3.96. The predicted molar refractivity (Wildman–Crippen MR) is 77.8 cm³/mol. The van der Waals surface area contributed by atoms with E-state index in [9.17, 15) is 14.0 Å². The van der Waals surface area contributed by atoms with Crippen LogP contribution < -0.4 is 4.74 Å². The summed E-state index contributed by atoms with van der Waals surface area (Å²) < 4.78 is 23.1. The van der Waals surface area contributed by atoms with Gasteiger partial charge in [0, 0.05) is 13.1 Å². The molecule has 22 heavy (non-hydrogen) atoms. The van der Waals surface area contributed by atoms with Crippen LogP contribution >= 0.6 is 0 Å². The molecular formula is C16H20FNO4. The number of nitrogens with zero attached hydrogens (tertiary/aromatic N) is 1. The van der Waals surface area contributed by atoms with Gasteiger partial charge in [0.1, 0.15) is 11.6 Å². The fourth-order valence-corrected chi connectivity index (χ4v) is 2.53. The van der Waals surface area contributed by atoms with Gasteiger partial charge < -0.3 is 14.4 Å². The second-order valence-corrected chi connectivity index (χ2v) is 5.34. The van der Waals surface area contributed by atoms with Crippen molar-refractivity contribution in [3.63, 3.8) is 0 Å². The fraction of sp³-hybridized carbons (Fsp3) is 0.500. The maximum Gasteiger partial charge on any atom is 0.308 e. The standard InChI is InChI=1S/C16H20FNO4/c1-11(22-14-5-3-13(17)4-6-14)15(19)18-9-7-12(8-10-18)16(20)21-2/h3-6,11-12H,7-10H2,1-2H3. The van der Waals surface area contributed by atoms with E-state index in [1.54, 1.807) is 11.8 Å². The molecule has 1 atom stereocenters. The molecule has 0 saturated carbocycles. The Morgan fingerprint density at radius 2 is 1.82 bits per heavy atom. The van der Waals surface area contributed by atoms with Crippen LogP contribution in [0, 0.1) is 11.7 Å². The van der Waals surface area contributed by atoms with E-state index >= 15 is 0 Å². The molecule has 0 bridgehead atoms. The first-order valence-corrected chi connectivity index (χ1v) is 7.30. The molecule has 1 heterocycles. The number of halogens is 1. The molecule has 1 amide bonds. The van der Waals surface area contributed by atoms with Crippen LogP contribution in [0.25, 0.3) is 0 Å². The maximum atomic E-state index is 12.8. The van der Waals surface area contributed by atoms with Crippen LogP contribution in [-0.4, -0.2) is 43.1 Å². The first-order valence-electron chi connectivity index (χ1n) is 7.30. The zero-order valence-corrected chi connectivity index (χ0v) is 12.8. The number of rotatable bonds is 4. The number of ether oxygens (including phenoxy) is 2. The number of likely N-dealkylation sites (tertiary alicyclic amines) is 1. The van der Waals surface area contributed by atoms with E-state index in [1.165, 1.54) is 31.4 Å². The van der Waals surface area contributed by atoms with Crippen molar-refractivity contribution in [2.75, 3.05) is 20.2 Å². The SMILES string of the molecule is COC(=O)C1CCN(C(=O)C(C)Oc2ccc(F)cc2)CC1. The van der Waals surface area contributed by atoms with E-state index in [0.29, 0.717) is 31.7 Å². The number of hydrogen-bond acceptors (Lipinski definition) is 4. The Balaban J connectivity index is 1.86. The smallest absolute Gasteiger partial charge is 0.308 e. The summed E-state index contributed by atoms with van der Waals surface area (Å²) in [5.74, 6) is -0.388. The summed E-state index contributed by atoms with van der Waals surface area (Å²) in [6, 6.07) is 5.55. The van der Waals surface area contributed by atoms with Crippen molar-refractivity contribution in [3.8, 4) is 5.75 Å². The van der Waals surface area contributed by atoms with E-state index in [4.69, 9.17) is 9.47 Å². The Labute approximate surface area is 129 Å². The normalized spacial score (nSPS) is 17.0. The van der Waals surface area contributed by atoms with Crippen LogP contribution in [0.5, 0.6) is 5.75 Å². The number of methoxy groups -OCH3 is 1. The van der Waals surface area contributed by atoms with Crippen molar-refractivity contribution in [2.45, 2.75) is 25.9 Å². The van der Waals surface area contributed by atoms with Gasteiger partial charge in [-0.05, 0) is 44.0 Å². The lowest BCUT2D eigenvalue weighted by Gasteiger charge is -2.32. The minimum atomic E-state index is -0.653. The summed E-state index contributed by atoms with van der Waals surface area (Å²) in [5, 5.41) is 0. The van der Waals surface area contributed by atoms with E-state index in [-0.39, 0.29) is 23.6 Å². The van der Waals surface area contributed by atoms with Crippen molar-refractivity contribution in [2.24, 2.45) is 5.92 Å². The molecule has 0 radical (unpaired) electrons. The van der Waals surface area contributed by atoms with Gasteiger partial charge >= 0.3 is 5.97 Å². The number of carbonyl (C=O) groups is 2. The zero-order valence-electron chi connectivity index (χ0n) is 12.8. The Bertz CT molecular complexity index is 523. The first-order chi connectivity index (χ1) is 10.5. The fourth-order valence-electron chi connectivity index (χ4n) is 2.53. The van der Waals surface area contributed by atoms with Gasteiger partial charge in [0.15, 0.2) is 6.10 Å². The molecule has 1 aliphatic rings. The quantitative estimate of drug-likeness (QED) is 0.798. The molecule has 1 saturated heterocycles. The van der Waals surface area contributed by atoms with E-state index in [2.05, 4.69) is 0 Å². The van der Waals surface area contributed by atoms with Gasteiger partial charge in [-0.1, -0.05) is 0 Å². The molecule has 1 aromatic carbocycles. The van der Waals surface area contributed by atoms with Crippen LogP contribution in [0.15, 0.2) is 24.3 Å². The highest BCUT2D eigenvalue weighted by molar-refractivity contribution is 5.81. The number of amides is 1. The summed E-state index contributed by atoms with van der Waals surface area (Å²) in [5.41, 5.74) is 0. The molecule has 1 aliphatic heterocycles. The average Bonchev–Trinajstić information content (AvgIpc) is 2.55. The largest absolute Gasteiger partial charge is 0.481 e. The Morgan fingerprint density at radius 1 is 1.23 bits per heavy atom. The molecular weight excluding hydrogens is 289 g/mol. The van der Waals surface area contributed by atoms with E-state index in [0.717, 1.165) is 0 Å². The maximum absolute atomic E-state index is 12.8. The van der Waals surface area contributed by atoms with Gasteiger partial charge in [0.2, 0.25) is 0 Å². The highest BCUT2D eigenvalue weighted by Crippen LogP contribution is 2.20. The lowest BCUT2D eigenvalue weighted by atomic mass is 9.97. The molecule has 0 N–H and O–H groups in total. The third-order valence-corrected chi connectivity index (χ3v) is 3.82.